The van der Waals surface area contributed by atoms with Crippen LogP contribution in [0.2, 0.25) is 0 Å². The van der Waals surface area contributed by atoms with Crippen molar-refractivity contribution in [1.82, 2.24) is 0 Å². The lowest BCUT2D eigenvalue weighted by Gasteiger charge is -2.58. The van der Waals surface area contributed by atoms with Crippen molar-refractivity contribution in [2.75, 3.05) is 0 Å². The highest BCUT2D eigenvalue weighted by Crippen LogP contribution is 2.63. The Hall–Kier alpha value is -2.42. The average Bonchev–Trinajstić information content (AvgIpc) is 2.95. The lowest BCUT2D eigenvalue weighted by atomic mass is 9.47. The Morgan fingerprint density at radius 3 is 1.61 bits per heavy atom. The van der Waals surface area contributed by atoms with Gasteiger partial charge in [0.25, 0.3) is 10.1 Å². The maximum Gasteiger partial charge on any atom is 0.339 e. The third kappa shape index (κ3) is 4.26. The summed E-state index contributed by atoms with van der Waals surface area (Å²) >= 11 is 0. The fourth-order valence-corrected chi connectivity index (χ4v) is 14.1. The Bertz CT molecular complexity index is 1840. The summed E-state index contributed by atoms with van der Waals surface area (Å²) in [6, 6.07) is 15.6. The van der Waals surface area contributed by atoms with E-state index in [0.29, 0.717) is 28.0 Å². The molecule has 0 saturated heterocycles. The van der Waals surface area contributed by atoms with Crippen LogP contribution in [0.5, 0.6) is 5.75 Å². The van der Waals surface area contributed by atoms with Gasteiger partial charge in [0.05, 0.1) is 0 Å². The van der Waals surface area contributed by atoms with Crippen LogP contribution < -0.4 is 4.18 Å². The lowest BCUT2D eigenvalue weighted by Crippen LogP contribution is -2.50. The summed E-state index contributed by atoms with van der Waals surface area (Å²) < 4.78 is 69.4. The standard InChI is InChI=1S/C36H40O6S2/c37-43(38,39)33-8-7-32(29-3-1-2-4-30(29)33)42-44(40,41)34-15-28(35-16-22-9-23(17-35)11-24(10-22)18-35)5-6-31(34)36-19-25-12-26(20-36)14-27(13-25)21-36/h1-8,15,22-27H,9-14,16-21H2,(H,37,38,39). The summed E-state index contributed by atoms with van der Waals surface area (Å²) in [5.41, 5.74) is 2.00. The van der Waals surface area contributed by atoms with E-state index in [1.165, 1.54) is 56.2 Å². The second-order valence-corrected chi connectivity index (χ2v) is 18.6. The van der Waals surface area contributed by atoms with Gasteiger partial charge in [-0.1, -0.05) is 36.4 Å². The molecule has 3 aromatic rings. The number of benzene rings is 3. The smallest absolute Gasteiger partial charge is 0.339 e. The minimum Gasteiger partial charge on any atom is -0.378 e. The Morgan fingerprint density at radius 1 is 0.591 bits per heavy atom. The molecule has 8 aliphatic carbocycles. The molecule has 44 heavy (non-hydrogen) atoms. The normalized spacial score (nSPS) is 37.1. The lowest BCUT2D eigenvalue weighted by molar-refractivity contribution is -0.00807. The molecule has 0 aliphatic heterocycles. The van der Waals surface area contributed by atoms with Crippen molar-refractivity contribution in [3.63, 3.8) is 0 Å². The summed E-state index contributed by atoms with van der Waals surface area (Å²) in [4.78, 5) is 0.0477. The zero-order valence-corrected chi connectivity index (χ0v) is 26.6. The minimum absolute atomic E-state index is 0.0445. The van der Waals surface area contributed by atoms with Crippen molar-refractivity contribution in [3.05, 3.63) is 65.7 Å². The van der Waals surface area contributed by atoms with Crippen molar-refractivity contribution in [2.45, 2.75) is 97.7 Å². The molecule has 0 amide bonds. The highest BCUT2D eigenvalue weighted by molar-refractivity contribution is 7.87. The monoisotopic (exact) mass is 632 g/mol. The summed E-state index contributed by atoms with van der Waals surface area (Å²) in [7, 11) is -8.79. The first-order valence-corrected chi connectivity index (χ1v) is 19.4. The third-order valence-electron chi connectivity index (χ3n) is 12.8. The zero-order valence-electron chi connectivity index (χ0n) is 25.0. The predicted molar refractivity (Wildman–Crippen MR) is 168 cm³/mol. The SMILES string of the molecule is O=S(=O)(O)c1ccc(OS(=O)(=O)c2cc(C34CC5CC(CC(C5)C3)C4)ccc2C23CC4CC(CC(C4)C2)C3)c2ccccc12. The Morgan fingerprint density at radius 2 is 1.09 bits per heavy atom. The summed E-state index contributed by atoms with van der Waals surface area (Å²) in [6.45, 7) is 0. The van der Waals surface area contributed by atoms with Gasteiger partial charge in [-0.3, -0.25) is 4.55 Å². The maximum atomic E-state index is 14.6. The predicted octanol–water partition coefficient (Wildman–Crippen LogP) is 7.79. The molecule has 8 heteroatoms. The molecule has 0 aromatic heterocycles. The number of hydrogen-bond donors (Lipinski definition) is 1. The van der Waals surface area contributed by atoms with Crippen LogP contribution in [0.1, 0.15) is 88.2 Å². The first-order valence-electron chi connectivity index (χ1n) is 16.6. The summed E-state index contributed by atoms with van der Waals surface area (Å²) in [5, 5.41) is 0.561. The average molecular weight is 633 g/mol. The van der Waals surface area contributed by atoms with Crippen LogP contribution >= 0.6 is 0 Å². The molecule has 11 rings (SSSR count). The van der Waals surface area contributed by atoms with Gasteiger partial charge in [0.15, 0.2) is 5.75 Å². The van der Waals surface area contributed by atoms with E-state index >= 15 is 0 Å². The Kier molecular flexibility index (Phi) is 5.90. The number of hydrogen-bond acceptors (Lipinski definition) is 5. The first kappa shape index (κ1) is 27.9. The van der Waals surface area contributed by atoms with E-state index < -0.39 is 20.2 Å². The van der Waals surface area contributed by atoms with Gasteiger partial charge < -0.3 is 4.18 Å². The number of rotatable bonds is 6. The Balaban J connectivity index is 1.19. The van der Waals surface area contributed by atoms with Gasteiger partial charge in [-0.2, -0.15) is 16.8 Å². The highest BCUT2D eigenvalue weighted by Gasteiger charge is 2.55. The van der Waals surface area contributed by atoms with Gasteiger partial charge in [0.1, 0.15) is 9.79 Å². The molecule has 1 N–H and O–H groups in total. The van der Waals surface area contributed by atoms with Crippen LogP contribution in [0.15, 0.2) is 64.4 Å². The summed E-state index contributed by atoms with van der Waals surface area (Å²) in [6.07, 6.45) is 14.4. The van der Waals surface area contributed by atoms with Crippen LogP contribution in [0.4, 0.5) is 0 Å². The van der Waals surface area contributed by atoms with Gasteiger partial charge in [0.2, 0.25) is 0 Å². The molecular weight excluding hydrogens is 593 g/mol. The van der Waals surface area contributed by atoms with Crippen LogP contribution in [0.3, 0.4) is 0 Å². The second kappa shape index (κ2) is 9.32. The van der Waals surface area contributed by atoms with Crippen LogP contribution in [0, 0.1) is 35.5 Å². The first-order chi connectivity index (χ1) is 21.0. The van der Waals surface area contributed by atoms with Crippen LogP contribution in [0.25, 0.3) is 10.8 Å². The van der Waals surface area contributed by atoms with Crippen LogP contribution in [-0.2, 0) is 31.1 Å². The van der Waals surface area contributed by atoms with Crippen molar-refractivity contribution in [1.29, 1.82) is 0 Å². The van der Waals surface area contributed by atoms with Gasteiger partial charge in [0, 0.05) is 10.8 Å². The molecule has 0 heterocycles. The minimum atomic E-state index is -4.51. The Labute approximate surface area is 260 Å². The molecule has 0 unspecified atom stereocenters. The van der Waals surface area contributed by atoms with Crippen molar-refractivity contribution in [2.24, 2.45) is 35.5 Å². The van der Waals surface area contributed by atoms with E-state index in [9.17, 15) is 21.4 Å². The quantitative estimate of drug-likeness (QED) is 0.220. The van der Waals surface area contributed by atoms with E-state index in [4.69, 9.17) is 4.18 Å². The molecule has 0 atom stereocenters. The maximum absolute atomic E-state index is 14.6. The molecule has 8 saturated carbocycles. The van der Waals surface area contributed by atoms with E-state index in [2.05, 4.69) is 12.1 Å². The van der Waals surface area contributed by atoms with E-state index in [1.807, 2.05) is 6.07 Å². The molecule has 0 radical (unpaired) electrons. The zero-order chi connectivity index (χ0) is 30.1. The molecule has 8 fully saturated rings. The molecular formula is C36H40O6S2. The molecule has 3 aromatic carbocycles. The fraction of sp³-hybridized carbons (Fsp3) is 0.556. The highest BCUT2D eigenvalue weighted by atomic mass is 32.2. The van der Waals surface area contributed by atoms with E-state index in [1.54, 1.807) is 24.3 Å². The molecule has 6 nitrogen and oxygen atoms in total. The third-order valence-corrected chi connectivity index (χ3v) is 15.0. The van der Waals surface area contributed by atoms with Crippen molar-refractivity contribution < 1.29 is 25.6 Å². The molecule has 232 valence electrons. The van der Waals surface area contributed by atoms with Gasteiger partial charge in [-0.05, 0) is 153 Å². The largest absolute Gasteiger partial charge is 0.378 e. The molecule has 0 spiro atoms. The summed E-state index contributed by atoms with van der Waals surface area (Å²) in [5.74, 6) is 4.30. The van der Waals surface area contributed by atoms with E-state index in [-0.39, 0.29) is 26.9 Å². The van der Waals surface area contributed by atoms with Crippen molar-refractivity contribution >= 4 is 31.0 Å². The molecule has 8 bridgehead atoms. The number of fused-ring (bicyclic) bond motifs is 1. The van der Waals surface area contributed by atoms with Gasteiger partial charge in [-0.25, -0.2) is 0 Å². The second-order valence-electron chi connectivity index (χ2n) is 15.7. The van der Waals surface area contributed by atoms with Gasteiger partial charge in [-0.15, -0.1) is 0 Å². The van der Waals surface area contributed by atoms with Crippen LogP contribution in [-0.4, -0.2) is 21.4 Å². The fourth-order valence-electron chi connectivity index (χ4n) is 12.1. The van der Waals surface area contributed by atoms with E-state index in [0.717, 1.165) is 61.8 Å². The van der Waals surface area contributed by atoms with Crippen molar-refractivity contribution in [3.8, 4) is 5.75 Å². The molecule has 8 aliphatic rings. The van der Waals surface area contributed by atoms with Gasteiger partial charge >= 0.3 is 10.1 Å². The topological polar surface area (TPSA) is 97.7 Å².